The van der Waals surface area contributed by atoms with Gasteiger partial charge in [-0.3, -0.25) is 14.5 Å². The lowest BCUT2D eigenvalue weighted by Gasteiger charge is -2.17. The van der Waals surface area contributed by atoms with Crippen molar-refractivity contribution in [3.63, 3.8) is 0 Å². The Morgan fingerprint density at radius 1 is 1.38 bits per heavy atom. The Hall–Kier alpha value is -2.02. The smallest absolute Gasteiger partial charge is 0.337 e. The molecule has 0 aromatic heterocycles. The summed E-state index contributed by atoms with van der Waals surface area (Å²) >= 11 is 0.872. The Labute approximate surface area is 126 Å². The molecule has 0 saturated carbocycles. The molecule has 0 radical (unpaired) electrons. The number of carboxylic acid groups (broad SMARTS) is 1. The van der Waals surface area contributed by atoms with Gasteiger partial charge in [0, 0.05) is 12.2 Å². The summed E-state index contributed by atoms with van der Waals surface area (Å²) < 4.78 is 0. The zero-order valence-corrected chi connectivity index (χ0v) is 12.5. The van der Waals surface area contributed by atoms with E-state index in [9.17, 15) is 14.4 Å². The molecule has 1 heterocycles. The molecule has 1 aromatic carbocycles. The number of imide groups is 1. The first-order valence-electron chi connectivity index (χ1n) is 6.51. The van der Waals surface area contributed by atoms with Crippen LogP contribution in [0.2, 0.25) is 0 Å². The van der Waals surface area contributed by atoms with Gasteiger partial charge in [0.05, 0.1) is 5.56 Å². The Balaban J connectivity index is 2.16. The van der Waals surface area contributed by atoms with Crippen molar-refractivity contribution in [1.29, 1.82) is 0 Å². The van der Waals surface area contributed by atoms with Crippen LogP contribution in [0.4, 0.5) is 10.5 Å². The van der Waals surface area contributed by atoms with Crippen LogP contribution < -0.4 is 5.32 Å². The fourth-order valence-corrected chi connectivity index (χ4v) is 2.91. The lowest BCUT2D eigenvalue weighted by Crippen LogP contribution is -2.36. The Morgan fingerprint density at radius 2 is 2.05 bits per heavy atom. The normalized spacial score (nSPS) is 18.4. The number of para-hydroxylation sites is 1. The number of hydrogen-bond donors (Lipinski definition) is 2. The molecule has 1 atom stereocenters. The number of benzene rings is 1. The molecule has 1 aliphatic heterocycles. The van der Waals surface area contributed by atoms with Gasteiger partial charge in [-0.1, -0.05) is 26.0 Å². The Kier molecular flexibility index (Phi) is 4.52. The number of nitrogens with one attached hydrogen (secondary N) is 1. The predicted molar refractivity (Wildman–Crippen MR) is 80.4 cm³/mol. The lowest BCUT2D eigenvalue weighted by atomic mass is 10.2. The molecule has 2 amide bonds. The fraction of sp³-hybridized carbons (Fsp3) is 0.357. The van der Waals surface area contributed by atoms with Gasteiger partial charge < -0.3 is 10.4 Å². The molecule has 1 aliphatic rings. The number of carbonyl (C=O) groups excluding carboxylic acids is 2. The fourth-order valence-electron chi connectivity index (χ4n) is 2.00. The van der Waals surface area contributed by atoms with Crippen LogP contribution in [0.5, 0.6) is 0 Å². The molecule has 0 bridgehead atoms. The first-order valence-corrected chi connectivity index (χ1v) is 7.39. The van der Waals surface area contributed by atoms with Crippen LogP contribution in [-0.2, 0) is 4.79 Å². The summed E-state index contributed by atoms with van der Waals surface area (Å²) in [6.07, 6.45) is 0. The maximum atomic E-state index is 12.2. The number of anilines is 1. The van der Waals surface area contributed by atoms with Gasteiger partial charge in [0.2, 0.25) is 0 Å². The minimum atomic E-state index is -1.08. The summed E-state index contributed by atoms with van der Waals surface area (Å²) in [7, 11) is 0. The zero-order chi connectivity index (χ0) is 15.6. The summed E-state index contributed by atoms with van der Waals surface area (Å²) in [6, 6.07) is 6.30. The van der Waals surface area contributed by atoms with Crippen molar-refractivity contribution in [3.8, 4) is 0 Å². The predicted octanol–water partition coefficient (Wildman–Crippen LogP) is 2.47. The quantitative estimate of drug-likeness (QED) is 0.869. The number of amides is 2. The van der Waals surface area contributed by atoms with Crippen molar-refractivity contribution in [2.75, 3.05) is 11.9 Å². The van der Waals surface area contributed by atoms with Crippen LogP contribution in [0.25, 0.3) is 0 Å². The standard InChI is InChI=1S/C14H16N2O4S/c1-8(2)7-16-12(17)11(21-14(16)20)15-10-6-4-3-5-9(10)13(18)19/h3-6,8,11,15H,7H2,1-2H3,(H,18,19)/t11-/m1/s1. The minimum absolute atomic E-state index is 0.0701. The third-order valence-corrected chi connectivity index (χ3v) is 3.90. The summed E-state index contributed by atoms with van der Waals surface area (Å²) in [5, 5.41) is 10.9. The van der Waals surface area contributed by atoms with E-state index in [4.69, 9.17) is 5.11 Å². The van der Waals surface area contributed by atoms with Crippen LogP contribution in [-0.4, -0.2) is 39.0 Å². The molecule has 0 unspecified atom stereocenters. The summed E-state index contributed by atoms with van der Waals surface area (Å²) in [5.41, 5.74) is 0.399. The molecule has 2 N–H and O–H groups in total. The number of thioether (sulfide) groups is 1. The van der Waals surface area contributed by atoms with Crippen LogP contribution in [0, 0.1) is 5.92 Å². The molecular weight excluding hydrogens is 292 g/mol. The van der Waals surface area contributed by atoms with Crippen LogP contribution in [0.1, 0.15) is 24.2 Å². The average molecular weight is 308 g/mol. The maximum Gasteiger partial charge on any atom is 0.337 e. The van der Waals surface area contributed by atoms with Crippen molar-refractivity contribution in [1.82, 2.24) is 4.90 Å². The van der Waals surface area contributed by atoms with Gasteiger partial charge >= 0.3 is 5.97 Å². The highest BCUT2D eigenvalue weighted by Crippen LogP contribution is 2.29. The third kappa shape index (κ3) is 3.36. The minimum Gasteiger partial charge on any atom is -0.478 e. The monoisotopic (exact) mass is 308 g/mol. The molecule has 21 heavy (non-hydrogen) atoms. The van der Waals surface area contributed by atoms with E-state index in [-0.39, 0.29) is 22.6 Å². The largest absolute Gasteiger partial charge is 0.478 e. The van der Waals surface area contributed by atoms with E-state index in [1.54, 1.807) is 18.2 Å². The van der Waals surface area contributed by atoms with Crippen molar-refractivity contribution in [2.45, 2.75) is 19.2 Å². The van der Waals surface area contributed by atoms with E-state index < -0.39 is 11.3 Å². The van der Waals surface area contributed by atoms with Gasteiger partial charge in [-0.25, -0.2) is 4.79 Å². The van der Waals surface area contributed by atoms with Gasteiger partial charge in [0.1, 0.15) is 0 Å². The summed E-state index contributed by atoms with van der Waals surface area (Å²) in [5.74, 6) is -1.23. The van der Waals surface area contributed by atoms with E-state index in [1.165, 1.54) is 11.0 Å². The number of carboxylic acids is 1. The number of nitrogens with zero attached hydrogens (tertiary/aromatic N) is 1. The van der Waals surface area contributed by atoms with E-state index in [0.717, 1.165) is 11.8 Å². The van der Waals surface area contributed by atoms with Crippen LogP contribution >= 0.6 is 11.8 Å². The highest BCUT2D eigenvalue weighted by atomic mass is 32.2. The SMILES string of the molecule is CC(C)CN1C(=O)S[C@@H](Nc2ccccc2C(=O)O)C1=O. The molecule has 1 saturated heterocycles. The number of rotatable bonds is 5. The number of carbonyl (C=O) groups is 3. The van der Waals surface area contributed by atoms with Gasteiger partial charge in [-0.15, -0.1) is 0 Å². The van der Waals surface area contributed by atoms with Crippen molar-refractivity contribution >= 4 is 34.6 Å². The second-order valence-corrected chi connectivity index (χ2v) is 6.16. The highest BCUT2D eigenvalue weighted by Gasteiger charge is 2.40. The van der Waals surface area contributed by atoms with Gasteiger partial charge in [0.15, 0.2) is 5.37 Å². The molecule has 1 fully saturated rings. The maximum absolute atomic E-state index is 12.2. The molecule has 2 rings (SSSR count). The lowest BCUT2D eigenvalue weighted by molar-refractivity contribution is -0.126. The molecular formula is C14H16N2O4S. The molecule has 0 aliphatic carbocycles. The van der Waals surface area contributed by atoms with E-state index >= 15 is 0 Å². The second-order valence-electron chi connectivity index (χ2n) is 5.10. The summed E-state index contributed by atoms with van der Waals surface area (Å²) in [4.78, 5) is 36.4. The van der Waals surface area contributed by atoms with Crippen molar-refractivity contribution in [2.24, 2.45) is 5.92 Å². The van der Waals surface area contributed by atoms with Crippen molar-refractivity contribution < 1.29 is 19.5 Å². The molecule has 6 nitrogen and oxygen atoms in total. The van der Waals surface area contributed by atoms with Gasteiger partial charge in [-0.2, -0.15) is 0 Å². The first kappa shape index (κ1) is 15.4. The average Bonchev–Trinajstić information content (AvgIpc) is 2.66. The van der Waals surface area contributed by atoms with E-state index in [0.29, 0.717) is 12.2 Å². The van der Waals surface area contributed by atoms with Crippen LogP contribution in [0.3, 0.4) is 0 Å². The number of aromatic carboxylic acids is 1. The zero-order valence-electron chi connectivity index (χ0n) is 11.7. The van der Waals surface area contributed by atoms with Gasteiger partial charge in [-0.05, 0) is 29.8 Å². The second kappa shape index (κ2) is 6.17. The van der Waals surface area contributed by atoms with Gasteiger partial charge in [0.25, 0.3) is 11.1 Å². The molecule has 0 spiro atoms. The van der Waals surface area contributed by atoms with E-state index in [1.807, 2.05) is 13.8 Å². The van der Waals surface area contributed by atoms with Crippen LogP contribution in [0.15, 0.2) is 24.3 Å². The summed E-state index contributed by atoms with van der Waals surface area (Å²) in [6.45, 7) is 4.21. The molecule has 112 valence electrons. The highest BCUT2D eigenvalue weighted by molar-refractivity contribution is 8.15. The Bertz CT molecular complexity index is 588. The topological polar surface area (TPSA) is 86.7 Å². The molecule has 1 aromatic rings. The third-order valence-electron chi connectivity index (χ3n) is 2.92. The Morgan fingerprint density at radius 3 is 2.67 bits per heavy atom. The molecule has 7 heteroatoms. The first-order chi connectivity index (χ1) is 9.90. The van der Waals surface area contributed by atoms with E-state index in [2.05, 4.69) is 5.32 Å². The number of hydrogen-bond acceptors (Lipinski definition) is 5. The van der Waals surface area contributed by atoms with Crippen molar-refractivity contribution in [3.05, 3.63) is 29.8 Å².